The first kappa shape index (κ1) is 25.9. The Bertz CT molecular complexity index is 548. The van der Waals surface area contributed by atoms with Crippen LogP contribution in [0.15, 0.2) is 23.4 Å². The van der Waals surface area contributed by atoms with E-state index in [1.54, 1.807) is 0 Å². The highest BCUT2D eigenvalue weighted by Crippen LogP contribution is 2.59. The first-order chi connectivity index (χ1) is 14.5. The molecular weight excluding hydrogens is 416 g/mol. The van der Waals surface area contributed by atoms with Gasteiger partial charge in [-0.05, 0) is 60.3 Å². The van der Waals surface area contributed by atoms with Gasteiger partial charge in [-0.3, -0.25) is 0 Å². The summed E-state index contributed by atoms with van der Waals surface area (Å²) in [6.45, 7) is 15.5. The van der Waals surface area contributed by atoms with Crippen LogP contribution in [0.25, 0.3) is 0 Å². The van der Waals surface area contributed by atoms with Crippen molar-refractivity contribution in [3.8, 4) is 0 Å². The van der Waals surface area contributed by atoms with Crippen molar-refractivity contribution in [2.45, 2.75) is 72.3 Å². The molecule has 0 spiro atoms. The zero-order valence-electron chi connectivity index (χ0n) is 19.8. The van der Waals surface area contributed by atoms with Crippen LogP contribution in [0.1, 0.15) is 67.2 Å². The van der Waals surface area contributed by atoms with Crippen LogP contribution in [-0.2, 0) is 26.6 Å². The Hall–Kier alpha value is -0.326. The maximum Gasteiger partial charge on any atom is 0.536 e. The minimum atomic E-state index is -2.96. The molecular formula is C22H42O6Si2. The minimum Gasteiger partial charge on any atom is -0.373 e. The van der Waals surface area contributed by atoms with Gasteiger partial charge in [0.15, 0.2) is 0 Å². The molecule has 0 aliphatic heterocycles. The Morgan fingerprint density at radius 3 is 1.73 bits per heavy atom. The molecule has 0 bridgehead atoms. The van der Waals surface area contributed by atoms with Crippen LogP contribution in [0.4, 0.5) is 0 Å². The van der Waals surface area contributed by atoms with E-state index in [1.165, 1.54) is 6.42 Å². The number of hydrogen-bond donors (Lipinski definition) is 0. The molecule has 0 heterocycles. The van der Waals surface area contributed by atoms with E-state index in [0.717, 1.165) is 24.5 Å². The van der Waals surface area contributed by atoms with Crippen LogP contribution in [-0.4, -0.2) is 57.3 Å². The molecule has 0 saturated heterocycles. The lowest BCUT2D eigenvalue weighted by atomic mass is 9.76. The fourth-order valence-corrected chi connectivity index (χ4v) is 11.1. The molecule has 0 amide bonds. The average Bonchev–Trinajstić information content (AvgIpc) is 2.74. The Morgan fingerprint density at radius 2 is 1.27 bits per heavy atom. The number of fused-ring (bicyclic) bond motifs is 1. The van der Waals surface area contributed by atoms with Crippen molar-refractivity contribution in [3.05, 3.63) is 23.4 Å². The van der Waals surface area contributed by atoms with Crippen molar-refractivity contribution in [1.29, 1.82) is 0 Å². The molecule has 174 valence electrons. The summed E-state index contributed by atoms with van der Waals surface area (Å²) in [5, 5.41) is 0.810. The van der Waals surface area contributed by atoms with Gasteiger partial charge in [0.25, 0.3) is 0 Å². The van der Waals surface area contributed by atoms with Crippen molar-refractivity contribution in [2.75, 3.05) is 39.6 Å². The van der Waals surface area contributed by atoms with Crippen LogP contribution in [0.5, 0.6) is 0 Å². The third-order valence-electron chi connectivity index (χ3n) is 5.89. The second kappa shape index (κ2) is 12.1. The highest BCUT2D eigenvalue weighted by Gasteiger charge is 2.64. The topological polar surface area (TPSA) is 55.4 Å². The second-order valence-electron chi connectivity index (χ2n) is 7.56. The molecule has 6 nitrogen and oxygen atoms in total. The number of allylic oxidation sites excluding steroid dienone is 4. The predicted octanol–water partition coefficient (Wildman–Crippen LogP) is 5.05. The lowest BCUT2D eigenvalue weighted by molar-refractivity contribution is 0.0351. The fraction of sp³-hybridized carbons (Fsp3) is 0.818. The van der Waals surface area contributed by atoms with Gasteiger partial charge in [0, 0.05) is 44.8 Å². The first-order valence-corrected chi connectivity index (χ1v) is 15.2. The van der Waals surface area contributed by atoms with Crippen LogP contribution < -0.4 is 0 Å². The quantitative estimate of drug-likeness (QED) is 0.340. The summed E-state index contributed by atoms with van der Waals surface area (Å²) in [4.78, 5) is 0. The summed E-state index contributed by atoms with van der Waals surface area (Å²) in [7, 11) is -5.91. The van der Waals surface area contributed by atoms with E-state index in [4.69, 9.17) is 26.6 Å². The summed E-state index contributed by atoms with van der Waals surface area (Å²) in [6, 6.07) is 0. The molecule has 2 aliphatic carbocycles. The first-order valence-electron chi connectivity index (χ1n) is 11.8. The monoisotopic (exact) mass is 458 g/mol. The van der Waals surface area contributed by atoms with E-state index < -0.39 is 17.6 Å². The molecule has 1 fully saturated rings. The molecule has 0 N–H and O–H groups in total. The van der Waals surface area contributed by atoms with Gasteiger partial charge in [0.2, 0.25) is 0 Å². The van der Waals surface area contributed by atoms with Crippen molar-refractivity contribution < 1.29 is 26.6 Å². The smallest absolute Gasteiger partial charge is 0.373 e. The van der Waals surface area contributed by atoms with Gasteiger partial charge in [-0.25, -0.2) is 0 Å². The van der Waals surface area contributed by atoms with Gasteiger partial charge in [0.05, 0.1) is 5.04 Å². The molecule has 2 atom stereocenters. The van der Waals surface area contributed by atoms with Crippen LogP contribution >= 0.6 is 0 Å². The maximum absolute atomic E-state index is 6.41. The highest BCUT2D eigenvalue weighted by molar-refractivity contribution is 6.70. The van der Waals surface area contributed by atoms with E-state index in [0.29, 0.717) is 39.6 Å². The van der Waals surface area contributed by atoms with Gasteiger partial charge in [-0.1, -0.05) is 31.1 Å². The van der Waals surface area contributed by atoms with Crippen LogP contribution in [0.2, 0.25) is 5.04 Å². The molecule has 2 rings (SSSR count). The van der Waals surface area contributed by atoms with Crippen molar-refractivity contribution in [2.24, 2.45) is 5.92 Å². The van der Waals surface area contributed by atoms with Gasteiger partial charge >= 0.3 is 17.6 Å². The zero-order chi connectivity index (χ0) is 22.1. The molecule has 0 radical (unpaired) electrons. The van der Waals surface area contributed by atoms with E-state index in [2.05, 4.69) is 18.2 Å². The molecule has 0 aromatic carbocycles. The third kappa shape index (κ3) is 5.01. The molecule has 0 aromatic rings. The molecule has 8 heteroatoms. The largest absolute Gasteiger partial charge is 0.536 e. The van der Waals surface area contributed by atoms with Gasteiger partial charge in [-0.2, -0.15) is 0 Å². The Labute approximate surface area is 185 Å². The summed E-state index contributed by atoms with van der Waals surface area (Å²) in [6.07, 6.45) is 11.2. The van der Waals surface area contributed by atoms with E-state index in [-0.39, 0.29) is 11.0 Å². The van der Waals surface area contributed by atoms with E-state index >= 15 is 0 Å². The zero-order valence-corrected chi connectivity index (χ0v) is 21.8. The summed E-state index contributed by atoms with van der Waals surface area (Å²) < 4.78 is 37.8. The number of rotatable bonds is 14. The molecule has 0 aromatic heterocycles. The van der Waals surface area contributed by atoms with Gasteiger partial charge < -0.3 is 26.6 Å². The van der Waals surface area contributed by atoms with Crippen molar-refractivity contribution in [3.63, 3.8) is 0 Å². The third-order valence-corrected chi connectivity index (χ3v) is 12.9. The molecule has 2 aliphatic rings. The maximum atomic E-state index is 6.41. The highest BCUT2D eigenvalue weighted by atomic mass is 28.4. The van der Waals surface area contributed by atoms with E-state index in [1.807, 2.05) is 41.5 Å². The normalized spacial score (nSPS) is 24.6. The summed E-state index contributed by atoms with van der Waals surface area (Å²) >= 11 is 0. The van der Waals surface area contributed by atoms with Crippen LogP contribution in [0, 0.1) is 5.92 Å². The van der Waals surface area contributed by atoms with Gasteiger partial charge in [0.1, 0.15) is 0 Å². The minimum absolute atomic E-state index is 0.248. The SMILES string of the molecule is CCO[Si](OCC)(OCC)C1=CC2CCCCC2([Si](OCC)(OCC)OCC)C=C1. The van der Waals surface area contributed by atoms with Crippen LogP contribution in [0.3, 0.4) is 0 Å². The lowest BCUT2D eigenvalue weighted by Crippen LogP contribution is -2.60. The van der Waals surface area contributed by atoms with Crippen molar-refractivity contribution >= 4 is 17.6 Å². The average molecular weight is 459 g/mol. The van der Waals surface area contributed by atoms with E-state index in [9.17, 15) is 0 Å². The van der Waals surface area contributed by atoms with Crippen molar-refractivity contribution in [1.82, 2.24) is 0 Å². The lowest BCUT2D eigenvalue weighted by Gasteiger charge is -2.51. The molecule has 2 unspecified atom stereocenters. The second-order valence-corrected chi connectivity index (χ2v) is 13.0. The van der Waals surface area contributed by atoms with Gasteiger partial charge in [-0.15, -0.1) is 0 Å². The fourth-order valence-electron chi connectivity index (χ4n) is 4.90. The summed E-state index contributed by atoms with van der Waals surface area (Å²) in [5.74, 6) is 0.260. The standard InChI is InChI=1S/C22H42O6Si2/c1-7-23-29(24-8-2,25-9-3)21-16-18-22(17-14-13-15-20(22)19-21)30(26-10-4,27-11-5)28-12-6/h16,18-20H,7-15,17H2,1-6H3. The Kier molecular flexibility index (Phi) is 10.4. The Morgan fingerprint density at radius 1 is 0.767 bits per heavy atom. The summed E-state index contributed by atoms with van der Waals surface area (Å²) in [5.41, 5.74) is 0. The number of hydrogen-bond acceptors (Lipinski definition) is 6. The molecule has 1 saturated carbocycles. The predicted molar refractivity (Wildman–Crippen MR) is 123 cm³/mol. The molecule has 30 heavy (non-hydrogen) atoms. The Balaban J connectivity index is 2.54.